The van der Waals surface area contributed by atoms with Crippen LogP contribution >= 0.6 is 12.2 Å². The molecular weight excluding hydrogens is 562 g/mol. The zero-order valence-corrected chi connectivity index (χ0v) is 25.6. The van der Waals surface area contributed by atoms with Gasteiger partial charge in [0.05, 0.1) is 26.3 Å². The van der Waals surface area contributed by atoms with E-state index in [0.717, 1.165) is 45.7 Å². The summed E-state index contributed by atoms with van der Waals surface area (Å²) in [5.74, 6) is 0.870. The lowest BCUT2D eigenvalue weighted by atomic mass is 10.1. The number of hydrogen-bond acceptors (Lipinski definition) is 7. The van der Waals surface area contributed by atoms with E-state index in [1.54, 1.807) is 44.6 Å². The first-order valence-electron chi connectivity index (χ1n) is 14.7. The van der Waals surface area contributed by atoms with Crippen LogP contribution in [-0.4, -0.2) is 91.2 Å². The second kappa shape index (κ2) is 14.5. The Labute approximate surface area is 259 Å². The van der Waals surface area contributed by atoms with E-state index in [1.165, 1.54) is 10.5 Å². The predicted octanol–water partition coefficient (Wildman–Crippen LogP) is 4.24. The van der Waals surface area contributed by atoms with Crippen LogP contribution < -0.4 is 19.7 Å². The minimum absolute atomic E-state index is 0.0103. The number of hydrogen-bond donors (Lipinski definition) is 1. The van der Waals surface area contributed by atoms with Crippen LogP contribution in [0.25, 0.3) is 0 Å². The molecule has 2 heterocycles. The molecule has 2 saturated heterocycles. The average molecular weight is 602 g/mol. The summed E-state index contributed by atoms with van der Waals surface area (Å²) in [6, 6.07) is 24.3. The van der Waals surface area contributed by atoms with Crippen LogP contribution in [0.4, 0.5) is 11.4 Å². The Morgan fingerprint density at radius 2 is 1.56 bits per heavy atom. The van der Waals surface area contributed by atoms with Crippen LogP contribution in [-0.2, 0) is 16.1 Å². The van der Waals surface area contributed by atoms with E-state index in [0.29, 0.717) is 34.5 Å². The van der Waals surface area contributed by atoms with Gasteiger partial charge in [0.1, 0.15) is 17.5 Å². The van der Waals surface area contributed by atoms with E-state index < -0.39 is 6.04 Å². The Balaban J connectivity index is 1.21. The van der Waals surface area contributed by atoms with E-state index in [-0.39, 0.29) is 18.2 Å². The zero-order chi connectivity index (χ0) is 30.2. The average Bonchev–Trinajstić information content (AvgIpc) is 3.26. The number of benzene rings is 3. The summed E-state index contributed by atoms with van der Waals surface area (Å²) < 4.78 is 10.6. The highest BCUT2D eigenvalue weighted by molar-refractivity contribution is 7.80. The van der Waals surface area contributed by atoms with E-state index in [1.807, 2.05) is 23.1 Å². The van der Waals surface area contributed by atoms with Gasteiger partial charge >= 0.3 is 0 Å². The number of amides is 2. The predicted molar refractivity (Wildman–Crippen MR) is 173 cm³/mol. The number of anilines is 2. The molecule has 226 valence electrons. The molecule has 0 saturated carbocycles. The number of carbonyl (C=O) groups excluding carboxylic acids is 2. The first-order chi connectivity index (χ1) is 20.9. The number of piperazine rings is 1. The molecule has 1 N–H and O–H groups in total. The molecule has 2 amide bonds. The van der Waals surface area contributed by atoms with Gasteiger partial charge in [-0.15, -0.1) is 0 Å². The molecular formula is C33H39N5O4S. The Kier molecular flexibility index (Phi) is 10.2. The maximum absolute atomic E-state index is 13.8. The molecule has 5 rings (SSSR count). The van der Waals surface area contributed by atoms with Gasteiger partial charge in [-0.1, -0.05) is 36.4 Å². The zero-order valence-electron chi connectivity index (χ0n) is 24.8. The Morgan fingerprint density at radius 1 is 0.860 bits per heavy atom. The maximum atomic E-state index is 13.8. The Bertz CT molecular complexity index is 1400. The highest BCUT2D eigenvalue weighted by Gasteiger charge is 2.44. The van der Waals surface area contributed by atoms with Gasteiger partial charge in [0.15, 0.2) is 5.11 Å². The number of nitrogens with zero attached hydrogens (tertiary/aromatic N) is 4. The van der Waals surface area contributed by atoms with Gasteiger partial charge in [0.2, 0.25) is 5.91 Å². The minimum Gasteiger partial charge on any atom is -0.497 e. The van der Waals surface area contributed by atoms with Crippen molar-refractivity contribution < 1.29 is 19.1 Å². The number of carbonyl (C=O) groups is 2. The topological polar surface area (TPSA) is 77.6 Å². The summed E-state index contributed by atoms with van der Waals surface area (Å²) in [5, 5.41) is 3.32. The first kappa shape index (κ1) is 30.5. The fraction of sp³-hybridized carbons (Fsp3) is 0.364. The van der Waals surface area contributed by atoms with Crippen molar-refractivity contribution >= 4 is 40.5 Å². The molecule has 9 nitrogen and oxygen atoms in total. The van der Waals surface area contributed by atoms with Crippen molar-refractivity contribution in [3.05, 3.63) is 84.4 Å². The summed E-state index contributed by atoms with van der Waals surface area (Å²) in [4.78, 5) is 35.3. The molecule has 3 aromatic carbocycles. The molecule has 2 aliphatic heterocycles. The fourth-order valence-electron chi connectivity index (χ4n) is 5.61. The molecule has 0 bridgehead atoms. The van der Waals surface area contributed by atoms with Crippen molar-refractivity contribution in [2.75, 3.05) is 63.7 Å². The lowest BCUT2D eigenvalue weighted by molar-refractivity contribution is -0.124. The summed E-state index contributed by atoms with van der Waals surface area (Å²) in [7, 11) is 3.18. The van der Waals surface area contributed by atoms with Crippen LogP contribution in [0.2, 0.25) is 0 Å². The Hall–Kier alpha value is -3.99. The number of thiocarbonyl (C=S) groups is 1. The highest BCUT2D eigenvalue weighted by atomic mass is 32.1. The molecule has 0 radical (unpaired) electrons. The van der Waals surface area contributed by atoms with E-state index in [9.17, 15) is 9.59 Å². The summed E-state index contributed by atoms with van der Waals surface area (Å²) in [6.07, 6.45) is 0.818. The molecule has 0 aliphatic carbocycles. The molecule has 2 aliphatic rings. The molecule has 1 atom stereocenters. The molecule has 0 aromatic heterocycles. The Morgan fingerprint density at radius 3 is 2.26 bits per heavy atom. The molecule has 2 fully saturated rings. The van der Waals surface area contributed by atoms with Crippen molar-refractivity contribution in [3.8, 4) is 11.5 Å². The number of ether oxygens (including phenoxy) is 2. The minimum atomic E-state index is -0.695. The molecule has 0 spiro atoms. The normalized spacial score (nSPS) is 17.8. The van der Waals surface area contributed by atoms with Crippen LogP contribution in [0.1, 0.15) is 18.4 Å². The third kappa shape index (κ3) is 7.70. The molecule has 43 heavy (non-hydrogen) atoms. The van der Waals surface area contributed by atoms with Crippen LogP contribution in [0.15, 0.2) is 78.9 Å². The largest absolute Gasteiger partial charge is 0.497 e. The van der Waals surface area contributed by atoms with Crippen molar-refractivity contribution in [1.82, 2.24) is 14.7 Å². The monoisotopic (exact) mass is 601 g/mol. The quantitative estimate of drug-likeness (QED) is 0.309. The van der Waals surface area contributed by atoms with E-state index in [2.05, 4.69) is 45.4 Å². The van der Waals surface area contributed by atoms with Crippen LogP contribution in [0, 0.1) is 0 Å². The smallest absolute Gasteiger partial charge is 0.256 e. The highest BCUT2D eigenvalue weighted by Crippen LogP contribution is 2.30. The SMILES string of the molecule is COc1ccc(NC(=O)C[C@@H]2C(=O)N(c3cccc(OC)c3)C(=S)N2CCCN2CCN(Cc3ccccc3)CC2)cc1. The van der Waals surface area contributed by atoms with E-state index in [4.69, 9.17) is 21.7 Å². The van der Waals surface area contributed by atoms with Crippen molar-refractivity contribution in [2.45, 2.75) is 25.4 Å². The number of nitrogens with one attached hydrogen (secondary N) is 1. The summed E-state index contributed by atoms with van der Waals surface area (Å²) in [6.45, 7) is 6.49. The van der Waals surface area contributed by atoms with Gasteiger partial charge in [0.25, 0.3) is 5.91 Å². The van der Waals surface area contributed by atoms with Crippen LogP contribution in [0.5, 0.6) is 11.5 Å². The fourth-order valence-corrected chi connectivity index (χ4v) is 6.03. The lowest BCUT2D eigenvalue weighted by Crippen LogP contribution is -2.47. The van der Waals surface area contributed by atoms with Gasteiger partial charge in [-0.2, -0.15) is 0 Å². The standard InChI is InChI=1S/C33H39N5O4S/c1-41-28-14-12-26(13-15-28)34-31(39)23-30-32(40)38(27-10-6-11-29(22-27)42-2)33(43)37(30)17-7-16-35-18-20-36(21-19-35)24-25-8-4-3-5-9-25/h3-6,8-15,22,30H,7,16-21,23-24H2,1-2H3,(H,34,39)/t30-/m1/s1. The van der Waals surface area contributed by atoms with Crippen molar-refractivity contribution in [2.24, 2.45) is 0 Å². The van der Waals surface area contributed by atoms with Crippen LogP contribution in [0.3, 0.4) is 0 Å². The van der Waals surface area contributed by atoms with Gasteiger partial charge in [0, 0.05) is 51.0 Å². The van der Waals surface area contributed by atoms with Gasteiger partial charge in [-0.05, 0) is 67.1 Å². The maximum Gasteiger partial charge on any atom is 0.256 e. The summed E-state index contributed by atoms with van der Waals surface area (Å²) in [5.41, 5.74) is 2.61. The molecule has 0 unspecified atom stereocenters. The third-order valence-electron chi connectivity index (χ3n) is 7.97. The number of rotatable bonds is 12. The van der Waals surface area contributed by atoms with Gasteiger partial charge < -0.3 is 24.6 Å². The third-order valence-corrected chi connectivity index (χ3v) is 8.39. The first-order valence-corrected chi connectivity index (χ1v) is 15.1. The van der Waals surface area contributed by atoms with Crippen molar-refractivity contribution in [3.63, 3.8) is 0 Å². The van der Waals surface area contributed by atoms with Crippen molar-refractivity contribution in [1.29, 1.82) is 0 Å². The van der Waals surface area contributed by atoms with Gasteiger partial charge in [-0.3, -0.25) is 19.4 Å². The van der Waals surface area contributed by atoms with E-state index >= 15 is 0 Å². The second-order valence-electron chi connectivity index (χ2n) is 10.8. The van der Waals surface area contributed by atoms with Gasteiger partial charge in [-0.25, -0.2) is 0 Å². The summed E-state index contributed by atoms with van der Waals surface area (Å²) >= 11 is 5.86. The molecule has 10 heteroatoms. The second-order valence-corrected chi connectivity index (χ2v) is 11.2. The lowest BCUT2D eigenvalue weighted by Gasteiger charge is -2.35. The molecule has 3 aromatic rings. The number of methoxy groups -OCH3 is 2.